The van der Waals surface area contributed by atoms with E-state index in [0.29, 0.717) is 12.5 Å². The van der Waals surface area contributed by atoms with Gasteiger partial charge in [-0.15, -0.1) is 0 Å². The van der Waals surface area contributed by atoms with Crippen molar-refractivity contribution in [2.45, 2.75) is 40.0 Å². The molecule has 5 nitrogen and oxygen atoms in total. The third kappa shape index (κ3) is 6.44. The number of amides is 3. The Morgan fingerprint density at radius 2 is 1.59 bits per heavy atom. The van der Waals surface area contributed by atoms with E-state index in [2.05, 4.69) is 35.0 Å². The maximum atomic E-state index is 12.1. The maximum Gasteiger partial charge on any atom is 0.315 e. The number of urea groups is 1. The van der Waals surface area contributed by atoms with Gasteiger partial charge in [0, 0.05) is 12.2 Å². The molecule has 1 unspecified atom stereocenters. The van der Waals surface area contributed by atoms with Crippen LogP contribution in [0.5, 0.6) is 0 Å². The Labute approximate surface area is 161 Å². The summed E-state index contributed by atoms with van der Waals surface area (Å²) in [7, 11) is 0. The molecule has 2 aromatic carbocycles. The first-order valence-electron chi connectivity index (χ1n) is 9.31. The predicted octanol–water partition coefficient (Wildman–Crippen LogP) is 4.04. The highest BCUT2D eigenvalue weighted by Crippen LogP contribution is 2.21. The minimum atomic E-state index is -0.331. The fourth-order valence-corrected chi connectivity index (χ4v) is 3.13. The highest BCUT2D eigenvalue weighted by Gasteiger charge is 2.10. The molecule has 0 spiro atoms. The van der Waals surface area contributed by atoms with Gasteiger partial charge in [0.1, 0.15) is 0 Å². The van der Waals surface area contributed by atoms with Crippen LogP contribution >= 0.6 is 0 Å². The van der Waals surface area contributed by atoms with Crippen LogP contribution in [-0.4, -0.2) is 25.0 Å². The first-order chi connectivity index (χ1) is 12.9. The normalized spacial score (nSPS) is 11.6. The molecule has 5 heteroatoms. The number of hydrogen-bond acceptors (Lipinski definition) is 2. The second kappa shape index (κ2) is 9.76. The highest BCUT2D eigenvalue weighted by molar-refractivity contribution is 5.95. The van der Waals surface area contributed by atoms with E-state index in [9.17, 15) is 9.59 Å². The van der Waals surface area contributed by atoms with E-state index in [-0.39, 0.29) is 18.5 Å². The molecule has 0 fully saturated rings. The van der Waals surface area contributed by atoms with Crippen molar-refractivity contribution in [3.8, 4) is 0 Å². The molecular weight excluding hydrogens is 338 g/mol. The van der Waals surface area contributed by atoms with Crippen LogP contribution in [0.4, 0.5) is 10.5 Å². The number of hydrogen-bond donors (Lipinski definition) is 3. The van der Waals surface area contributed by atoms with Crippen molar-refractivity contribution in [1.29, 1.82) is 0 Å². The van der Waals surface area contributed by atoms with Crippen molar-refractivity contribution >= 4 is 17.6 Å². The molecule has 0 aliphatic carbocycles. The van der Waals surface area contributed by atoms with Gasteiger partial charge in [0.15, 0.2) is 0 Å². The van der Waals surface area contributed by atoms with Crippen LogP contribution < -0.4 is 16.0 Å². The van der Waals surface area contributed by atoms with Crippen molar-refractivity contribution in [3.63, 3.8) is 0 Å². The van der Waals surface area contributed by atoms with Crippen LogP contribution in [-0.2, 0) is 4.79 Å². The Hall–Kier alpha value is -2.82. The van der Waals surface area contributed by atoms with E-state index in [1.165, 1.54) is 5.56 Å². The molecule has 0 bridgehead atoms. The Bertz CT molecular complexity index is 764. The lowest BCUT2D eigenvalue weighted by atomic mass is 9.98. The van der Waals surface area contributed by atoms with Crippen LogP contribution in [0, 0.1) is 20.8 Å². The zero-order valence-corrected chi connectivity index (χ0v) is 16.6. The zero-order chi connectivity index (χ0) is 19.8. The number of rotatable bonds is 7. The van der Waals surface area contributed by atoms with Crippen molar-refractivity contribution in [2.24, 2.45) is 0 Å². The van der Waals surface area contributed by atoms with Gasteiger partial charge in [0.25, 0.3) is 0 Å². The molecule has 0 aliphatic heterocycles. The van der Waals surface area contributed by atoms with Crippen LogP contribution in [0.1, 0.15) is 41.5 Å². The maximum absolute atomic E-state index is 12.1. The van der Waals surface area contributed by atoms with Gasteiger partial charge in [-0.3, -0.25) is 4.79 Å². The second-order valence-corrected chi connectivity index (χ2v) is 7.03. The average molecular weight is 367 g/mol. The molecule has 0 aliphatic rings. The van der Waals surface area contributed by atoms with Crippen LogP contribution in [0.3, 0.4) is 0 Å². The van der Waals surface area contributed by atoms with E-state index >= 15 is 0 Å². The van der Waals surface area contributed by atoms with Crippen LogP contribution in [0.2, 0.25) is 0 Å². The van der Waals surface area contributed by atoms with E-state index in [1.54, 1.807) is 0 Å². The number of anilines is 1. The number of nitrogens with one attached hydrogen (secondary N) is 3. The third-order valence-corrected chi connectivity index (χ3v) is 4.58. The number of carbonyl (C=O) groups excluding carboxylic acids is 2. The van der Waals surface area contributed by atoms with Gasteiger partial charge in [-0.25, -0.2) is 4.79 Å². The van der Waals surface area contributed by atoms with E-state index < -0.39 is 0 Å². The molecule has 3 amide bonds. The lowest BCUT2D eigenvalue weighted by Gasteiger charge is -2.14. The standard InChI is InChI=1S/C22H29N3O2/c1-15-12-17(3)21(18(4)13-15)25-20(26)14-24-22(27)23-11-10-16(2)19-8-6-5-7-9-19/h5-9,12-13,16H,10-11,14H2,1-4H3,(H,25,26)(H2,23,24,27). The molecule has 0 heterocycles. The molecular formula is C22H29N3O2. The van der Waals surface area contributed by atoms with Gasteiger partial charge < -0.3 is 16.0 Å². The molecule has 1 atom stereocenters. The summed E-state index contributed by atoms with van der Waals surface area (Å²) < 4.78 is 0. The zero-order valence-electron chi connectivity index (χ0n) is 16.6. The van der Waals surface area contributed by atoms with Gasteiger partial charge in [-0.1, -0.05) is 55.0 Å². The fourth-order valence-electron chi connectivity index (χ4n) is 3.13. The van der Waals surface area contributed by atoms with Crippen molar-refractivity contribution < 1.29 is 9.59 Å². The summed E-state index contributed by atoms with van der Waals surface area (Å²) in [5.41, 5.74) is 5.25. The molecule has 144 valence electrons. The Balaban J connectivity index is 1.72. The summed E-state index contributed by atoms with van der Waals surface area (Å²) in [5, 5.41) is 8.28. The van der Waals surface area contributed by atoms with Crippen molar-refractivity contribution in [2.75, 3.05) is 18.4 Å². The minimum absolute atomic E-state index is 0.0627. The number of aryl methyl sites for hydroxylation is 3. The predicted molar refractivity (Wildman–Crippen MR) is 110 cm³/mol. The topological polar surface area (TPSA) is 70.2 Å². The lowest BCUT2D eigenvalue weighted by Crippen LogP contribution is -2.40. The summed E-state index contributed by atoms with van der Waals surface area (Å²) >= 11 is 0. The van der Waals surface area contributed by atoms with Gasteiger partial charge in [0.05, 0.1) is 6.54 Å². The smallest absolute Gasteiger partial charge is 0.315 e. The van der Waals surface area contributed by atoms with Crippen molar-refractivity contribution in [1.82, 2.24) is 10.6 Å². The number of benzene rings is 2. The van der Waals surface area contributed by atoms with Gasteiger partial charge in [0.2, 0.25) is 5.91 Å². The Kier molecular flexibility index (Phi) is 7.41. The third-order valence-electron chi connectivity index (χ3n) is 4.58. The quantitative estimate of drug-likeness (QED) is 0.691. The SMILES string of the molecule is Cc1cc(C)c(NC(=O)CNC(=O)NCCC(C)c2ccccc2)c(C)c1. The first kappa shape index (κ1) is 20.5. The molecule has 2 rings (SSSR count). The van der Waals surface area contributed by atoms with Gasteiger partial charge in [-0.05, 0) is 49.8 Å². The summed E-state index contributed by atoms with van der Waals surface area (Å²) in [6.07, 6.45) is 0.839. The van der Waals surface area contributed by atoms with E-state index in [4.69, 9.17) is 0 Å². The summed E-state index contributed by atoms with van der Waals surface area (Å²) in [6, 6.07) is 13.9. The largest absolute Gasteiger partial charge is 0.338 e. The lowest BCUT2D eigenvalue weighted by molar-refractivity contribution is -0.115. The molecule has 3 N–H and O–H groups in total. The Morgan fingerprint density at radius 1 is 0.963 bits per heavy atom. The van der Waals surface area contributed by atoms with Gasteiger partial charge >= 0.3 is 6.03 Å². The van der Waals surface area contributed by atoms with Gasteiger partial charge in [-0.2, -0.15) is 0 Å². The minimum Gasteiger partial charge on any atom is -0.338 e. The first-order valence-corrected chi connectivity index (χ1v) is 9.31. The summed E-state index contributed by atoms with van der Waals surface area (Å²) in [4.78, 5) is 24.0. The summed E-state index contributed by atoms with van der Waals surface area (Å²) in [5.74, 6) is 0.125. The number of carbonyl (C=O) groups is 2. The van der Waals surface area contributed by atoms with E-state index in [1.807, 2.05) is 51.1 Å². The van der Waals surface area contributed by atoms with Crippen LogP contribution in [0.15, 0.2) is 42.5 Å². The van der Waals surface area contributed by atoms with Crippen molar-refractivity contribution in [3.05, 3.63) is 64.7 Å². The summed E-state index contributed by atoms with van der Waals surface area (Å²) in [6.45, 7) is 8.57. The monoisotopic (exact) mass is 367 g/mol. The van der Waals surface area contributed by atoms with E-state index in [0.717, 1.165) is 28.8 Å². The molecule has 27 heavy (non-hydrogen) atoms. The Morgan fingerprint density at radius 3 is 2.22 bits per heavy atom. The highest BCUT2D eigenvalue weighted by atomic mass is 16.2. The van der Waals surface area contributed by atoms with Crippen LogP contribution in [0.25, 0.3) is 0 Å². The molecule has 0 saturated carbocycles. The molecule has 0 saturated heterocycles. The average Bonchev–Trinajstić information content (AvgIpc) is 2.63. The fraction of sp³-hybridized carbons (Fsp3) is 0.364. The molecule has 0 aromatic heterocycles. The molecule has 0 radical (unpaired) electrons. The molecule has 2 aromatic rings. The second-order valence-electron chi connectivity index (χ2n) is 7.03.